The molecule has 2 N–H and O–H groups in total. The largest absolute Gasteiger partial charge is 0.481 e. The molecule has 2 aromatic rings. The lowest BCUT2D eigenvalue weighted by Gasteiger charge is -2.40. The molecule has 0 radical (unpaired) electrons. The first kappa shape index (κ1) is 24.8. The number of piperidine rings is 1. The van der Waals surface area contributed by atoms with Crippen molar-refractivity contribution >= 4 is 18.0 Å². The first-order chi connectivity index (χ1) is 16.7. The van der Waals surface area contributed by atoms with Crippen LogP contribution < -0.4 is 5.32 Å². The first-order valence-corrected chi connectivity index (χ1v) is 12.4. The number of hydrogen-bond acceptors (Lipinski definition) is 4. The number of nitrogens with one attached hydrogen (secondary N) is 1. The van der Waals surface area contributed by atoms with Gasteiger partial charge in [0, 0.05) is 19.0 Å². The summed E-state index contributed by atoms with van der Waals surface area (Å²) < 4.78 is 5.68. The second-order valence-corrected chi connectivity index (χ2v) is 9.99. The zero-order valence-corrected chi connectivity index (χ0v) is 20.6. The van der Waals surface area contributed by atoms with Gasteiger partial charge < -0.3 is 20.1 Å². The van der Waals surface area contributed by atoms with E-state index in [1.165, 1.54) is 0 Å². The number of hydrogen-bond donors (Lipinski definition) is 2. The maximum Gasteiger partial charge on any atom is 0.408 e. The summed E-state index contributed by atoms with van der Waals surface area (Å²) in [5, 5.41) is 12.4. The standard InChI is InChI=1S/C28H34N2O5/c1-4-14-28(3,26(33)30-15-13-18(2)23(16-30)25(31)32)29-27(34)35-17-24-21-11-7-5-9-19(21)20-10-6-8-12-22(20)24/h5-12,18,23-24H,4,13-17H2,1-3H3,(H,29,34)(H,31,32). The van der Waals surface area contributed by atoms with Crippen molar-refractivity contribution in [2.45, 2.75) is 51.5 Å². The molecule has 1 aliphatic carbocycles. The number of amides is 2. The number of fused-ring (bicyclic) bond motifs is 3. The molecule has 7 heteroatoms. The summed E-state index contributed by atoms with van der Waals surface area (Å²) in [5.41, 5.74) is 3.37. The molecule has 186 valence electrons. The number of rotatable bonds is 7. The quantitative estimate of drug-likeness (QED) is 0.604. The van der Waals surface area contributed by atoms with Crippen molar-refractivity contribution in [1.82, 2.24) is 10.2 Å². The molecule has 2 aromatic carbocycles. The second kappa shape index (κ2) is 10.1. The van der Waals surface area contributed by atoms with Crippen LogP contribution in [0.4, 0.5) is 4.79 Å². The van der Waals surface area contributed by atoms with Crippen LogP contribution in [0, 0.1) is 11.8 Å². The third kappa shape index (κ3) is 4.90. The van der Waals surface area contributed by atoms with E-state index in [1.807, 2.05) is 38.1 Å². The number of carboxylic acids is 1. The summed E-state index contributed by atoms with van der Waals surface area (Å²) in [6.45, 7) is 6.35. The smallest absolute Gasteiger partial charge is 0.408 e. The summed E-state index contributed by atoms with van der Waals surface area (Å²) >= 11 is 0. The van der Waals surface area contributed by atoms with Gasteiger partial charge in [0.2, 0.25) is 5.91 Å². The highest BCUT2D eigenvalue weighted by molar-refractivity contribution is 5.90. The van der Waals surface area contributed by atoms with Gasteiger partial charge in [0.05, 0.1) is 5.92 Å². The second-order valence-electron chi connectivity index (χ2n) is 9.99. The highest BCUT2D eigenvalue weighted by Gasteiger charge is 2.42. The summed E-state index contributed by atoms with van der Waals surface area (Å²) in [4.78, 5) is 39.6. The van der Waals surface area contributed by atoms with E-state index in [2.05, 4.69) is 29.6 Å². The molecule has 1 aliphatic heterocycles. The number of carbonyl (C=O) groups is 3. The predicted octanol–water partition coefficient (Wildman–Crippen LogP) is 4.65. The van der Waals surface area contributed by atoms with Crippen LogP contribution in [0.2, 0.25) is 0 Å². The van der Waals surface area contributed by atoms with Gasteiger partial charge in [-0.3, -0.25) is 9.59 Å². The van der Waals surface area contributed by atoms with E-state index in [0.717, 1.165) is 22.3 Å². The molecule has 4 rings (SSSR count). The average molecular weight is 479 g/mol. The lowest BCUT2D eigenvalue weighted by atomic mass is 9.85. The Bertz CT molecular complexity index is 1070. The van der Waals surface area contributed by atoms with Crippen LogP contribution in [-0.2, 0) is 14.3 Å². The molecule has 0 spiro atoms. The average Bonchev–Trinajstić information content (AvgIpc) is 3.16. The molecule has 35 heavy (non-hydrogen) atoms. The Kier molecular flexibility index (Phi) is 7.15. The third-order valence-corrected chi connectivity index (χ3v) is 7.51. The summed E-state index contributed by atoms with van der Waals surface area (Å²) in [6, 6.07) is 16.2. The maximum absolute atomic E-state index is 13.5. The Morgan fingerprint density at radius 3 is 2.26 bits per heavy atom. The van der Waals surface area contributed by atoms with Crippen molar-refractivity contribution in [3.63, 3.8) is 0 Å². The Morgan fingerprint density at radius 2 is 1.69 bits per heavy atom. The zero-order chi connectivity index (χ0) is 25.2. The molecule has 0 bridgehead atoms. The minimum Gasteiger partial charge on any atom is -0.481 e. The molecule has 3 atom stereocenters. The van der Waals surface area contributed by atoms with E-state index in [4.69, 9.17) is 4.74 Å². The Labute approximate surface area is 206 Å². The molecule has 1 fully saturated rings. The SMILES string of the molecule is CCCC(C)(NC(=O)OCC1c2ccccc2-c2ccccc21)C(=O)N1CCC(C)C(C(=O)O)C1. The normalized spacial score (nSPS) is 20.9. The van der Waals surface area contributed by atoms with E-state index in [0.29, 0.717) is 25.8 Å². The molecule has 0 saturated carbocycles. The van der Waals surface area contributed by atoms with Crippen LogP contribution in [-0.4, -0.2) is 53.2 Å². The Balaban J connectivity index is 1.45. The minimum atomic E-state index is -1.17. The van der Waals surface area contributed by atoms with E-state index in [-0.39, 0.29) is 30.9 Å². The highest BCUT2D eigenvalue weighted by Crippen LogP contribution is 2.44. The van der Waals surface area contributed by atoms with Crippen molar-refractivity contribution in [1.29, 1.82) is 0 Å². The first-order valence-electron chi connectivity index (χ1n) is 12.4. The van der Waals surface area contributed by atoms with E-state index in [1.54, 1.807) is 11.8 Å². The van der Waals surface area contributed by atoms with Crippen LogP contribution in [0.3, 0.4) is 0 Å². The van der Waals surface area contributed by atoms with Crippen LogP contribution in [0.25, 0.3) is 11.1 Å². The lowest BCUT2D eigenvalue weighted by molar-refractivity contribution is -0.150. The van der Waals surface area contributed by atoms with Gasteiger partial charge in [-0.25, -0.2) is 4.79 Å². The number of alkyl carbamates (subject to hydrolysis) is 1. The van der Waals surface area contributed by atoms with Crippen molar-refractivity contribution in [2.75, 3.05) is 19.7 Å². The van der Waals surface area contributed by atoms with E-state index >= 15 is 0 Å². The van der Waals surface area contributed by atoms with Gasteiger partial charge in [0.25, 0.3) is 0 Å². The molecular formula is C28H34N2O5. The number of aliphatic carboxylic acids is 1. The Morgan fingerprint density at radius 1 is 1.09 bits per heavy atom. The van der Waals surface area contributed by atoms with Gasteiger partial charge in [-0.05, 0) is 47.9 Å². The van der Waals surface area contributed by atoms with Crippen molar-refractivity contribution < 1.29 is 24.2 Å². The Hall–Kier alpha value is -3.35. The monoisotopic (exact) mass is 478 g/mol. The molecule has 1 saturated heterocycles. The van der Waals surface area contributed by atoms with Gasteiger partial charge >= 0.3 is 12.1 Å². The van der Waals surface area contributed by atoms with Crippen molar-refractivity contribution in [2.24, 2.45) is 11.8 Å². The maximum atomic E-state index is 13.5. The highest BCUT2D eigenvalue weighted by atomic mass is 16.5. The number of benzene rings is 2. The summed E-state index contributed by atoms with van der Waals surface area (Å²) in [5.74, 6) is -1.82. The molecular weight excluding hydrogens is 444 g/mol. The van der Waals surface area contributed by atoms with Gasteiger partial charge in [0.1, 0.15) is 12.1 Å². The van der Waals surface area contributed by atoms with Crippen LogP contribution >= 0.6 is 0 Å². The topological polar surface area (TPSA) is 95.9 Å². The lowest BCUT2D eigenvalue weighted by Crippen LogP contribution is -2.60. The van der Waals surface area contributed by atoms with Gasteiger partial charge in [-0.15, -0.1) is 0 Å². The summed E-state index contributed by atoms with van der Waals surface area (Å²) in [7, 11) is 0. The van der Waals surface area contributed by atoms with Crippen molar-refractivity contribution in [3.8, 4) is 11.1 Å². The molecule has 3 unspecified atom stereocenters. The fraction of sp³-hybridized carbons (Fsp3) is 0.464. The third-order valence-electron chi connectivity index (χ3n) is 7.51. The molecule has 7 nitrogen and oxygen atoms in total. The van der Waals surface area contributed by atoms with Crippen LogP contribution in [0.15, 0.2) is 48.5 Å². The van der Waals surface area contributed by atoms with Crippen molar-refractivity contribution in [3.05, 3.63) is 59.7 Å². The summed E-state index contributed by atoms with van der Waals surface area (Å²) in [6.07, 6.45) is 1.09. The number of carbonyl (C=O) groups excluding carboxylic acids is 2. The van der Waals surface area contributed by atoms with E-state index < -0.39 is 23.5 Å². The molecule has 1 heterocycles. The van der Waals surface area contributed by atoms with Gasteiger partial charge in [-0.1, -0.05) is 68.8 Å². The zero-order valence-electron chi connectivity index (χ0n) is 20.6. The number of ether oxygens (including phenoxy) is 1. The molecule has 0 aromatic heterocycles. The fourth-order valence-electron chi connectivity index (χ4n) is 5.51. The predicted molar refractivity (Wildman–Crippen MR) is 133 cm³/mol. The van der Waals surface area contributed by atoms with Crippen LogP contribution in [0.5, 0.6) is 0 Å². The fourth-order valence-corrected chi connectivity index (χ4v) is 5.51. The number of nitrogens with zero attached hydrogens (tertiary/aromatic N) is 1. The van der Waals surface area contributed by atoms with E-state index in [9.17, 15) is 19.5 Å². The number of likely N-dealkylation sites (tertiary alicyclic amines) is 1. The molecule has 2 amide bonds. The van der Waals surface area contributed by atoms with Gasteiger partial charge in [-0.2, -0.15) is 0 Å². The number of carboxylic acid groups (broad SMARTS) is 1. The minimum absolute atomic E-state index is 0.00377. The van der Waals surface area contributed by atoms with Crippen LogP contribution in [0.1, 0.15) is 57.1 Å². The van der Waals surface area contributed by atoms with Gasteiger partial charge in [0.15, 0.2) is 0 Å². The molecule has 2 aliphatic rings.